The van der Waals surface area contributed by atoms with Gasteiger partial charge in [0.2, 0.25) is 0 Å². The lowest BCUT2D eigenvalue weighted by Crippen LogP contribution is -2.32. The van der Waals surface area contributed by atoms with Crippen LogP contribution in [0.5, 0.6) is 0 Å². The van der Waals surface area contributed by atoms with Crippen LogP contribution in [-0.2, 0) is 11.2 Å². The van der Waals surface area contributed by atoms with Gasteiger partial charge in [0, 0.05) is 6.20 Å². The molecule has 5 heteroatoms. The van der Waals surface area contributed by atoms with Crippen molar-refractivity contribution in [3.8, 4) is 0 Å². The van der Waals surface area contributed by atoms with E-state index in [1.807, 2.05) is 0 Å². The number of halogens is 1. The summed E-state index contributed by atoms with van der Waals surface area (Å²) in [6.07, 6.45) is 1.93. The number of hydrogen-bond acceptors (Lipinski definition) is 2. The zero-order valence-corrected chi connectivity index (χ0v) is 7.01. The Bertz CT molecular complexity index is 285. The van der Waals surface area contributed by atoms with E-state index in [4.69, 9.17) is 22.4 Å². The molecule has 0 spiro atoms. The summed E-state index contributed by atoms with van der Waals surface area (Å²) in [7, 11) is 0. The van der Waals surface area contributed by atoms with E-state index >= 15 is 0 Å². The number of aromatic nitrogens is 1. The van der Waals surface area contributed by atoms with Crippen molar-refractivity contribution in [1.82, 2.24) is 4.98 Å². The number of carboxylic acids is 1. The van der Waals surface area contributed by atoms with Gasteiger partial charge in [-0.2, -0.15) is 0 Å². The Balaban J connectivity index is 2.58. The topological polar surface area (TPSA) is 79.1 Å². The second kappa shape index (κ2) is 3.60. The van der Waals surface area contributed by atoms with Gasteiger partial charge in [0.05, 0.1) is 0 Å². The van der Waals surface area contributed by atoms with Crippen LogP contribution in [0, 0.1) is 0 Å². The van der Waals surface area contributed by atoms with Gasteiger partial charge >= 0.3 is 5.97 Å². The summed E-state index contributed by atoms with van der Waals surface area (Å²) >= 11 is 5.58. The van der Waals surface area contributed by atoms with Crippen molar-refractivity contribution in [3.63, 3.8) is 0 Å². The Morgan fingerprint density at radius 2 is 2.50 bits per heavy atom. The van der Waals surface area contributed by atoms with Crippen molar-refractivity contribution >= 4 is 17.6 Å². The molecular weight excluding hydrogens is 180 g/mol. The largest absolute Gasteiger partial charge is 0.480 e. The van der Waals surface area contributed by atoms with Gasteiger partial charge in [-0.3, -0.25) is 4.79 Å². The molecule has 0 saturated heterocycles. The normalized spacial score (nSPS) is 12.8. The summed E-state index contributed by atoms with van der Waals surface area (Å²) in [6.45, 7) is 0. The third-order valence-corrected chi connectivity index (χ3v) is 1.70. The Hall–Kier alpha value is -1.00. The maximum atomic E-state index is 10.3. The van der Waals surface area contributed by atoms with E-state index in [1.54, 1.807) is 12.3 Å². The minimum Gasteiger partial charge on any atom is -0.480 e. The first kappa shape index (κ1) is 9.09. The number of aromatic amines is 1. The highest BCUT2D eigenvalue weighted by molar-refractivity contribution is 6.29. The smallest absolute Gasteiger partial charge is 0.320 e. The molecule has 1 atom stereocenters. The number of H-pyrrole nitrogens is 1. The minimum absolute atomic E-state index is 0.290. The minimum atomic E-state index is -1.01. The predicted molar refractivity (Wildman–Crippen MR) is 45.1 cm³/mol. The lowest BCUT2D eigenvalue weighted by Gasteiger charge is -2.02. The van der Waals surface area contributed by atoms with E-state index in [1.165, 1.54) is 0 Å². The fourth-order valence-corrected chi connectivity index (χ4v) is 1.06. The van der Waals surface area contributed by atoms with Gasteiger partial charge in [0.1, 0.15) is 11.2 Å². The summed E-state index contributed by atoms with van der Waals surface area (Å²) < 4.78 is 0. The molecule has 1 unspecified atom stereocenters. The summed E-state index contributed by atoms with van der Waals surface area (Å²) in [5.74, 6) is -1.01. The number of carbonyl (C=O) groups is 1. The maximum absolute atomic E-state index is 10.3. The van der Waals surface area contributed by atoms with Crippen molar-refractivity contribution in [2.45, 2.75) is 12.5 Å². The summed E-state index contributed by atoms with van der Waals surface area (Å²) in [6, 6.07) is 0.793. The van der Waals surface area contributed by atoms with Crippen LogP contribution < -0.4 is 5.73 Å². The van der Waals surface area contributed by atoms with Crippen LogP contribution >= 0.6 is 11.6 Å². The van der Waals surface area contributed by atoms with Crippen molar-refractivity contribution in [2.75, 3.05) is 0 Å². The van der Waals surface area contributed by atoms with E-state index in [9.17, 15) is 4.79 Å². The van der Waals surface area contributed by atoms with Gasteiger partial charge in [-0.05, 0) is 18.1 Å². The second-order valence-corrected chi connectivity index (χ2v) is 2.91. The molecule has 1 aromatic heterocycles. The van der Waals surface area contributed by atoms with Crippen molar-refractivity contribution in [3.05, 3.63) is 23.0 Å². The summed E-state index contributed by atoms with van der Waals surface area (Å²) in [5.41, 5.74) is 6.10. The number of rotatable bonds is 3. The van der Waals surface area contributed by atoms with Gasteiger partial charge in [-0.25, -0.2) is 0 Å². The van der Waals surface area contributed by atoms with E-state index < -0.39 is 12.0 Å². The molecule has 0 saturated carbocycles. The standard InChI is InChI=1S/C7H9ClN2O2/c8-6-2-4(3-10-6)1-5(9)7(11)12/h2-3,5,10H,1,9H2,(H,11,12). The molecule has 1 heterocycles. The first-order chi connectivity index (χ1) is 5.59. The molecule has 0 aromatic carbocycles. The number of hydrogen-bond donors (Lipinski definition) is 3. The molecule has 1 aromatic rings. The third kappa shape index (κ3) is 2.25. The molecule has 0 bridgehead atoms. The lowest BCUT2D eigenvalue weighted by molar-refractivity contribution is -0.138. The van der Waals surface area contributed by atoms with E-state index in [0.29, 0.717) is 11.6 Å². The van der Waals surface area contributed by atoms with Crippen molar-refractivity contribution < 1.29 is 9.90 Å². The van der Waals surface area contributed by atoms with E-state index in [2.05, 4.69) is 4.98 Å². The third-order valence-electron chi connectivity index (χ3n) is 1.48. The molecule has 1 rings (SSSR count). The molecule has 4 nitrogen and oxygen atoms in total. The van der Waals surface area contributed by atoms with E-state index in [-0.39, 0.29) is 0 Å². The second-order valence-electron chi connectivity index (χ2n) is 2.50. The van der Waals surface area contributed by atoms with Crippen molar-refractivity contribution in [1.29, 1.82) is 0 Å². The predicted octanol–water partition coefficient (Wildman–Crippen LogP) is 0.623. The van der Waals surface area contributed by atoms with Crippen molar-refractivity contribution in [2.24, 2.45) is 5.73 Å². The van der Waals surface area contributed by atoms with Gasteiger partial charge in [-0.1, -0.05) is 11.6 Å². The molecular formula is C7H9ClN2O2. The number of nitrogens with two attached hydrogens (primary N) is 1. The zero-order valence-electron chi connectivity index (χ0n) is 6.25. The average molecular weight is 189 g/mol. The Kier molecular flexibility index (Phi) is 2.73. The van der Waals surface area contributed by atoms with Gasteiger partial charge in [0.15, 0.2) is 0 Å². The van der Waals surface area contributed by atoms with Gasteiger partial charge < -0.3 is 15.8 Å². The molecule has 0 amide bonds. The van der Waals surface area contributed by atoms with Crippen LogP contribution in [0.25, 0.3) is 0 Å². The zero-order chi connectivity index (χ0) is 9.14. The monoisotopic (exact) mass is 188 g/mol. The highest BCUT2D eigenvalue weighted by Crippen LogP contribution is 2.10. The number of carboxylic acid groups (broad SMARTS) is 1. The van der Waals surface area contributed by atoms with Crippen LogP contribution in [0.4, 0.5) is 0 Å². The number of nitrogens with one attached hydrogen (secondary N) is 1. The molecule has 0 fully saturated rings. The highest BCUT2D eigenvalue weighted by Gasteiger charge is 2.12. The van der Waals surface area contributed by atoms with Crippen LogP contribution in [-0.4, -0.2) is 22.1 Å². The lowest BCUT2D eigenvalue weighted by atomic mass is 10.1. The SMILES string of the molecule is NC(Cc1c[nH]c(Cl)c1)C(=O)O. The average Bonchev–Trinajstić information content (AvgIpc) is 2.35. The van der Waals surface area contributed by atoms with Gasteiger partial charge in [-0.15, -0.1) is 0 Å². The maximum Gasteiger partial charge on any atom is 0.320 e. The quantitative estimate of drug-likeness (QED) is 0.651. The molecule has 12 heavy (non-hydrogen) atoms. The molecule has 0 aliphatic rings. The van der Waals surface area contributed by atoms with Gasteiger partial charge in [0.25, 0.3) is 0 Å². The van der Waals surface area contributed by atoms with Crippen LogP contribution in [0.1, 0.15) is 5.56 Å². The number of aliphatic carboxylic acids is 1. The van der Waals surface area contributed by atoms with Crippen LogP contribution in [0.15, 0.2) is 12.3 Å². The molecule has 4 N–H and O–H groups in total. The fraction of sp³-hybridized carbons (Fsp3) is 0.286. The first-order valence-corrected chi connectivity index (χ1v) is 3.78. The van der Waals surface area contributed by atoms with Crippen LogP contribution in [0.3, 0.4) is 0 Å². The Morgan fingerprint density at radius 1 is 1.83 bits per heavy atom. The fourth-order valence-electron chi connectivity index (χ4n) is 0.867. The first-order valence-electron chi connectivity index (χ1n) is 3.41. The summed E-state index contributed by atoms with van der Waals surface area (Å²) in [4.78, 5) is 13.1. The molecule has 66 valence electrons. The molecule has 0 aliphatic heterocycles. The van der Waals surface area contributed by atoms with E-state index in [0.717, 1.165) is 5.56 Å². The highest BCUT2D eigenvalue weighted by atomic mass is 35.5. The van der Waals surface area contributed by atoms with Crippen LogP contribution in [0.2, 0.25) is 5.15 Å². The molecule has 0 radical (unpaired) electrons. The summed E-state index contributed by atoms with van der Waals surface area (Å²) in [5, 5.41) is 8.97. The Morgan fingerprint density at radius 3 is 2.92 bits per heavy atom. The Labute approximate surface area is 74.3 Å². The molecule has 0 aliphatic carbocycles.